The molecule has 1 amide bonds. The molecule has 30 heavy (non-hydrogen) atoms. The third-order valence-electron chi connectivity index (χ3n) is 4.79. The van der Waals surface area contributed by atoms with Crippen LogP contribution in [0.5, 0.6) is 5.75 Å². The van der Waals surface area contributed by atoms with Crippen LogP contribution >= 0.6 is 0 Å². The van der Waals surface area contributed by atoms with Crippen LogP contribution in [0.2, 0.25) is 0 Å². The molecule has 2 aliphatic rings. The van der Waals surface area contributed by atoms with Gasteiger partial charge in [-0.25, -0.2) is 4.79 Å². The van der Waals surface area contributed by atoms with Gasteiger partial charge in [0.05, 0.1) is 24.7 Å². The molecule has 3 N–H and O–H groups in total. The van der Waals surface area contributed by atoms with Gasteiger partial charge in [0.1, 0.15) is 11.9 Å². The number of fused-ring (bicyclic) bond motifs is 7. The maximum atomic E-state index is 11.9. The van der Waals surface area contributed by atoms with Gasteiger partial charge >= 0.3 is 6.09 Å². The molecule has 6 bridgehead atoms. The zero-order chi connectivity index (χ0) is 21.8. The lowest BCUT2D eigenvalue weighted by atomic mass is 10.0. The average molecular weight is 418 g/mol. The first-order chi connectivity index (χ1) is 14.8. The topological polar surface area (TPSA) is 101 Å². The van der Waals surface area contributed by atoms with Crippen molar-refractivity contribution < 1.29 is 14.3 Å². The van der Waals surface area contributed by atoms with Crippen molar-refractivity contribution in [2.45, 2.75) is 71.8 Å². The van der Waals surface area contributed by atoms with Gasteiger partial charge in [0.15, 0.2) is 5.82 Å². The van der Waals surface area contributed by atoms with Crippen LogP contribution in [0.3, 0.4) is 0 Å². The molecule has 8 heteroatoms. The Hall–Kier alpha value is -2.77. The van der Waals surface area contributed by atoms with E-state index in [1.54, 1.807) is 12.4 Å². The second-order valence-electron chi connectivity index (χ2n) is 6.76. The van der Waals surface area contributed by atoms with Crippen LogP contribution < -0.4 is 15.4 Å². The van der Waals surface area contributed by atoms with Gasteiger partial charge < -0.3 is 20.1 Å². The van der Waals surface area contributed by atoms with E-state index >= 15 is 0 Å². The van der Waals surface area contributed by atoms with E-state index in [1.807, 2.05) is 39.8 Å². The number of carbonyl (C=O) groups is 1. The van der Waals surface area contributed by atoms with Gasteiger partial charge in [0.25, 0.3) is 0 Å². The zero-order valence-electron chi connectivity index (χ0n) is 18.5. The Kier molecular flexibility index (Phi) is 9.97. The number of anilines is 2. The molecule has 2 atom stereocenters. The summed E-state index contributed by atoms with van der Waals surface area (Å²) in [5.74, 6) is 1.77. The third kappa shape index (κ3) is 6.93. The Bertz CT molecular complexity index is 765. The number of amides is 1. The number of aromatic nitrogens is 3. The van der Waals surface area contributed by atoms with E-state index in [-0.39, 0.29) is 12.2 Å². The Balaban J connectivity index is 0.000000757. The molecular weight excluding hydrogens is 382 g/mol. The van der Waals surface area contributed by atoms with Crippen LogP contribution in [-0.2, 0) is 4.74 Å². The molecule has 0 radical (unpaired) electrons. The summed E-state index contributed by atoms with van der Waals surface area (Å²) in [7, 11) is 0. The summed E-state index contributed by atoms with van der Waals surface area (Å²) in [6, 6.07) is 3.91. The molecule has 1 fully saturated rings. The van der Waals surface area contributed by atoms with E-state index < -0.39 is 0 Å². The van der Waals surface area contributed by atoms with E-state index in [1.165, 1.54) is 0 Å². The van der Waals surface area contributed by atoms with Gasteiger partial charge in [-0.2, -0.15) is 5.10 Å². The maximum absolute atomic E-state index is 11.9. The minimum Gasteiger partial charge on any atom is -0.492 e. The summed E-state index contributed by atoms with van der Waals surface area (Å²) in [5, 5.41) is 13.5. The number of nitrogens with zero attached hydrogens (tertiary/aromatic N) is 2. The number of H-pyrrole nitrogens is 1. The highest BCUT2D eigenvalue weighted by Gasteiger charge is 2.29. The quantitative estimate of drug-likeness (QED) is 0.549. The standard InChI is InChI=1S/C18H23N5O3.2C2H6/c24-18-20-5-1-2-6-25-15-8-13(10-19-11-15)21-17-9-16(22-23-17)12-3-4-14(7-12)26-18;2*1-2/h8-12,14H,1-7H2,(H,20,24)(H2,21,22,23);2*1-2H3. The number of carbonyl (C=O) groups excluding carboxylic acids is 1. The van der Waals surface area contributed by atoms with Gasteiger partial charge in [0, 0.05) is 30.3 Å². The van der Waals surface area contributed by atoms with E-state index in [9.17, 15) is 4.79 Å². The number of hydrogen-bond donors (Lipinski definition) is 3. The zero-order valence-corrected chi connectivity index (χ0v) is 18.5. The van der Waals surface area contributed by atoms with Crippen molar-refractivity contribution in [2.75, 3.05) is 18.5 Å². The normalized spacial score (nSPS) is 20.9. The van der Waals surface area contributed by atoms with Gasteiger partial charge in [0.2, 0.25) is 0 Å². The lowest BCUT2D eigenvalue weighted by molar-refractivity contribution is 0.0999. The largest absolute Gasteiger partial charge is 0.492 e. The highest BCUT2D eigenvalue weighted by atomic mass is 16.6. The minimum absolute atomic E-state index is 0.0391. The fourth-order valence-corrected chi connectivity index (χ4v) is 3.45. The molecule has 0 saturated heterocycles. The number of hydrogen-bond acceptors (Lipinski definition) is 6. The van der Waals surface area contributed by atoms with E-state index in [0.29, 0.717) is 24.8 Å². The van der Waals surface area contributed by atoms with Crippen molar-refractivity contribution in [3.05, 3.63) is 30.2 Å². The van der Waals surface area contributed by atoms with Crippen LogP contribution in [0.15, 0.2) is 24.5 Å². The maximum Gasteiger partial charge on any atom is 0.407 e. The predicted octanol–water partition coefficient (Wildman–Crippen LogP) is 5.14. The molecule has 1 saturated carbocycles. The number of pyridine rings is 1. The lowest BCUT2D eigenvalue weighted by Crippen LogP contribution is -2.29. The molecule has 0 spiro atoms. The number of aromatic amines is 1. The van der Waals surface area contributed by atoms with Crippen molar-refractivity contribution in [3.8, 4) is 5.75 Å². The Labute approximate surface area is 179 Å². The van der Waals surface area contributed by atoms with Gasteiger partial charge in [-0.3, -0.25) is 10.1 Å². The van der Waals surface area contributed by atoms with Crippen molar-refractivity contribution in [1.82, 2.24) is 20.5 Å². The average Bonchev–Trinajstić information content (AvgIpc) is 3.43. The predicted molar refractivity (Wildman–Crippen MR) is 118 cm³/mol. The molecule has 166 valence electrons. The molecule has 8 nitrogen and oxygen atoms in total. The first-order valence-corrected chi connectivity index (χ1v) is 11.1. The Morgan fingerprint density at radius 2 is 1.90 bits per heavy atom. The molecule has 4 rings (SSSR count). The summed E-state index contributed by atoms with van der Waals surface area (Å²) < 4.78 is 11.3. The number of alkyl carbamates (subject to hydrolysis) is 1. The van der Waals surface area contributed by atoms with E-state index in [0.717, 1.165) is 49.3 Å². The van der Waals surface area contributed by atoms with E-state index in [4.69, 9.17) is 9.47 Å². The molecule has 1 aliphatic carbocycles. The number of nitrogens with one attached hydrogen (secondary N) is 3. The van der Waals surface area contributed by atoms with Crippen molar-refractivity contribution >= 4 is 17.6 Å². The summed E-state index contributed by atoms with van der Waals surface area (Å²) in [6.45, 7) is 9.15. The van der Waals surface area contributed by atoms with Gasteiger partial charge in [-0.05, 0) is 32.1 Å². The number of ether oxygens (including phenoxy) is 2. The molecule has 0 aromatic carbocycles. The summed E-state index contributed by atoms with van der Waals surface area (Å²) in [4.78, 5) is 16.1. The summed E-state index contributed by atoms with van der Waals surface area (Å²) in [5.41, 5.74) is 1.89. The van der Waals surface area contributed by atoms with Crippen molar-refractivity contribution in [3.63, 3.8) is 0 Å². The monoisotopic (exact) mass is 417 g/mol. The Morgan fingerprint density at radius 3 is 2.73 bits per heavy atom. The van der Waals surface area contributed by atoms with Crippen LogP contribution in [0.1, 0.15) is 71.4 Å². The molecule has 3 heterocycles. The number of rotatable bonds is 0. The van der Waals surface area contributed by atoms with Gasteiger partial charge in [-0.15, -0.1) is 0 Å². The van der Waals surface area contributed by atoms with Crippen LogP contribution in [0, 0.1) is 0 Å². The molecular formula is C22H35N5O3. The molecule has 1 aliphatic heterocycles. The smallest absolute Gasteiger partial charge is 0.407 e. The fraction of sp³-hybridized carbons (Fsp3) is 0.591. The van der Waals surface area contributed by atoms with Crippen molar-refractivity contribution in [2.24, 2.45) is 0 Å². The second kappa shape index (κ2) is 12.7. The molecule has 2 unspecified atom stereocenters. The first-order valence-electron chi connectivity index (χ1n) is 11.1. The van der Waals surface area contributed by atoms with Crippen LogP contribution in [-0.4, -0.2) is 40.5 Å². The highest BCUT2D eigenvalue weighted by Crippen LogP contribution is 2.36. The summed E-state index contributed by atoms with van der Waals surface area (Å²) in [6.07, 6.45) is 7.41. The van der Waals surface area contributed by atoms with Crippen LogP contribution in [0.4, 0.5) is 16.3 Å². The second-order valence-corrected chi connectivity index (χ2v) is 6.76. The van der Waals surface area contributed by atoms with Crippen LogP contribution in [0.25, 0.3) is 0 Å². The minimum atomic E-state index is -0.332. The SMILES string of the molecule is CC.CC.O=C1NCCCCOc2cncc(c2)Nc2cc([nH]n2)C2CCC(C2)O1. The highest BCUT2D eigenvalue weighted by molar-refractivity contribution is 5.67. The third-order valence-corrected chi connectivity index (χ3v) is 4.79. The van der Waals surface area contributed by atoms with E-state index in [2.05, 4.69) is 25.8 Å². The Morgan fingerprint density at radius 1 is 1.07 bits per heavy atom. The lowest BCUT2D eigenvalue weighted by Gasteiger charge is -2.13. The fourth-order valence-electron chi connectivity index (χ4n) is 3.45. The molecule has 2 aromatic rings. The van der Waals surface area contributed by atoms with Gasteiger partial charge in [-0.1, -0.05) is 27.7 Å². The first kappa shape index (κ1) is 23.5. The molecule has 2 aromatic heterocycles. The van der Waals surface area contributed by atoms with Crippen molar-refractivity contribution in [1.29, 1.82) is 0 Å². The summed E-state index contributed by atoms with van der Waals surface area (Å²) >= 11 is 0.